The lowest BCUT2D eigenvalue weighted by molar-refractivity contribution is -0.120. The second-order valence-corrected chi connectivity index (χ2v) is 10.4. The van der Waals surface area contributed by atoms with Gasteiger partial charge in [-0.05, 0) is 50.3 Å². The number of hydrogen-bond donors (Lipinski definition) is 1. The van der Waals surface area contributed by atoms with E-state index in [0.717, 1.165) is 32.2 Å². The van der Waals surface area contributed by atoms with E-state index in [9.17, 15) is 18.0 Å². The Morgan fingerprint density at radius 3 is 2.60 bits per heavy atom. The second kappa shape index (κ2) is 8.55. The molecule has 164 valence electrons. The molecule has 2 amide bonds. The summed E-state index contributed by atoms with van der Waals surface area (Å²) in [5, 5.41) is 2.91. The Morgan fingerprint density at radius 2 is 1.87 bits per heavy atom. The quantitative estimate of drug-likeness (QED) is 0.784. The van der Waals surface area contributed by atoms with Crippen molar-refractivity contribution in [2.45, 2.75) is 44.6 Å². The molecule has 2 fully saturated rings. The molecule has 3 aliphatic rings. The van der Waals surface area contributed by atoms with Crippen LogP contribution < -0.4 is 10.1 Å². The molecule has 30 heavy (non-hydrogen) atoms. The maximum Gasteiger partial charge on any atom is 0.257 e. The SMILES string of the molecule is CS(=O)(=O)N1CCC(C(=O)Nc2ccc3c(c2)C(=O)N2CCCCC2CCO3)CC1. The van der Waals surface area contributed by atoms with Crippen LogP contribution in [0.15, 0.2) is 18.2 Å². The van der Waals surface area contributed by atoms with Crippen molar-refractivity contribution in [1.29, 1.82) is 0 Å². The van der Waals surface area contributed by atoms with Gasteiger partial charge < -0.3 is 15.0 Å². The summed E-state index contributed by atoms with van der Waals surface area (Å²) in [5.41, 5.74) is 1.06. The average Bonchev–Trinajstić information content (AvgIpc) is 2.73. The predicted octanol–water partition coefficient (Wildman–Crippen LogP) is 2.07. The largest absolute Gasteiger partial charge is 0.493 e. The summed E-state index contributed by atoms with van der Waals surface area (Å²) in [5.74, 6) is 0.136. The molecule has 3 heterocycles. The number of benzene rings is 1. The first-order valence-corrected chi connectivity index (χ1v) is 12.5. The van der Waals surface area contributed by atoms with E-state index >= 15 is 0 Å². The van der Waals surface area contributed by atoms with E-state index in [4.69, 9.17) is 4.74 Å². The molecule has 1 atom stereocenters. The maximum atomic E-state index is 13.2. The first-order chi connectivity index (χ1) is 14.3. The lowest BCUT2D eigenvalue weighted by atomic mass is 9.96. The molecule has 2 saturated heterocycles. The number of sulfonamides is 1. The van der Waals surface area contributed by atoms with Crippen molar-refractivity contribution in [3.8, 4) is 5.75 Å². The summed E-state index contributed by atoms with van der Waals surface area (Å²) >= 11 is 0. The Hall–Kier alpha value is -2.13. The van der Waals surface area contributed by atoms with Gasteiger partial charge in [-0.2, -0.15) is 0 Å². The molecule has 0 bridgehead atoms. The Kier molecular flexibility index (Phi) is 6.02. The molecule has 0 saturated carbocycles. The monoisotopic (exact) mass is 435 g/mol. The Bertz CT molecular complexity index is 925. The first-order valence-electron chi connectivity index (χ1n) is 10.7. The van der Waals surface area contributed by atoms with E-state index in [0.29, 0.717) is 49.5 Å². The van der Waals surface area contributed by atoms with Crippen molar-refractivity contribution >= 4 is 27.5 Å². The highest BCUT2D eigenvalue weighted by Gasteiger charge is 2.32. The fourth-order valence-corrected chi connectivity index (χ4v) is 5.50. The number of amides is 2. The maximum absolute atomic E-state index is 13.2. The van der Waals surface area contributed by atoms with Gasteiger partial charge in [0.25, 0.3) is 5.91 Å². The number of fused-ring (bicyclic) bond motifs is 2. The van der Waals surface area contributed by atoms with Crippen molar-refractivity contribution in [3.05, 3.63) is 23.8 Å². The fraction of sp³-hybridized carbons (Fsp3) is 0.619. The molecule has 8 nitrogen and oxygen atoms in total. The van der Waals surface area contributed by atoms with Gasteiger partial charge in [-0.3, -0.25) is 9.59 Å². The van der Waals surface area contributed by atoms with Crippen LogP contribution >= 0.6 is 0 Å². The lowest BCUT2D eigenvalue weighted by Gasteiger charge is -2.37. The average molecular weight is 436 g/mol. The highest BCUT2D eigenvalue weighted by atomic mass is 32.2. The number of rotatable bonds is 3. The van der Waals surface area contributed by atoms with E-state index in [1.807, 2.05) is 4.90 Å². The summed E-state index contributed by atoms with van der Waals surface area (Å²) in [7, 11) is -3.22. The second-order valence-electron chi connectivity index (χ2n) is 8.42. The van der Waals surface area contributed by atoms with Gasteiger partial charge in [0.2, 0.25) is 15.9 Å². The van der Waals surface area contributed by atoms with Crippen molar-refractivity contribution in [3.63, 3.8) is 0 Å². The molecule has 1 aromatic carbocycles. The van der Waals surface area contributed by atoms with Gasteiger partial charge in [0.15, 0.2) is 0 Å². The van der Waals surface area contributed by atoms with E-state index < -0.39 is 10.0 Å². The van der Waals surface area contributed by atoms with E-state index in [-0.39, 0.29) is 23.8 Å². The number of nitrogens with one attached hydrogen (secondary N) is 1. The van der Waals surface area contributed by atoms with Gasteiger partial charge in [0.1, 0.15) is 5.75 Å². The fourth-order valence-electron chi connectivity index (χ4n) is 4.62. The molecular formula is C21H29N3O5S. The van der Waals surface area contributed by atoms with Gasteiger partial charge in [-0.25, -0.2) is 12.7 Å². The zero-order valence-corrected chi connectivity index (χ0v) is 18.1. The minimum atomic E-state index is -3.22. The minimum Gasteiger partial charge on any atom is -0.493 e. The zero-order chi connectivity index (χ0) is 21.3. The van der Waals surface area contributed by atoms with Crippen molar-refractivity contribution in [1.82, 2.24) is 9.21 Å². The topological polar surface area (TPSA) is 96.0 Å². The highest BCUT2D eigenvalue weighted by Crippen LogP contribution is 2.31. The van der Waals surface area contributed by atoms with Crippen LogP contribution in [0.5, 0.6) is 5.75 Å². The normalized spacial score (nSPS) is 23.6. The van der Waals surface area contributed by atoms with E-state index in [2.05, 4.69) is 5.32 Å². The summed E-state index contributed by atoms with van der Waals surface area (Å²) in [6, 6.07) is 5.43. The lowest BCUT2D eigenvalue weighted by Crippen LogP contribution is -2.45. The number of anilines is 1. The standard InChI is InChI=1S/C21H29N3O5S/c1-30(27,28)23-11-7-15(8-12-23)20(25)22-16-5-6-19-18(14-16)21(26)24-10-3-2-4-17(24)9-13-29-19/h5-6,14-15,17H,2-4,7-13H2,1H3,(H,22,25). The van der Waals surface area contributed by atoms with Crippen molar-refractivity contribution in [2.24, 2.45) is 5.92 Å². The van der Waals surface area contributed by atoms with Crippen LogP contribution in [0.1, 0.15) is 48.9 Å². The number of piperidine rings is 2. The molecule has 0 aromatic heterocycles. The Labute approximate surface area is 177 Å². The van der Waals surface area contributed by atoms with Gasteiger partial charge in [0.05, 0.1) is 18.4 Å². The summed E-state index contributed by atoms with van der Waals surface area (Å²) in [6.45, 7) is 2.04. The third-order valence-electron chi connectivity index (χ3n) is 6.37. The zero-order valence-electron chi connectivity index (χ0n) is 17.3. The van der Waals surface area contributed by atoms with Crippen LogP contribution in [0.3, 0.4) is 0 Å². The summed E-state index contributed by atoms with van der Waals surface area (Å²) in [4.78, 5) is 27.8. The van der Waals surface area contributed by atoms with Gasteiger partial charge in [0, 0.05) is 43.7 Å². The van der Waals surface area contributed by atoms with Crippen molar-refractivity contribution in [2.75, 3.05) is 37.8 Å². The highest BCUT2D eigenvalue weighted by molar-refractivity contribution is 7.88. The molecule has 4 rings (SSSR count). The van der Waals surface area contributed by atoms with Crippen LogP contribution in [-0.4, -0.2) is 68.0 Å². The minimum absolute atomic E-state index is 0.0352. The molecule has 9 heteroatoms. The number of nitrogens with zero attached hydrogens (tertiary/aromatic N) is 2. The number of ether oxygens (including phenoxy) is 1. The van der Waals surface area contributed by atoms with Crippen LogP contribution in [0.4, 0.5) is 5.69 Å². The van der Waals surface area contributed by atoms with Gasteiger partial charge in [-0.1, -0.05) is 0 Å². The first kappa shape index (κ1) is 21.1. The van der Waals surface area contributed by atoms with Gasteiger partial charge >= 0.3 is 0 Å². The van der Waals surface area contributed by atoms with Crippen LogP contribution in [0.25, 0.3) is 0 Å². The molecule has 3 aliphatic heterocycles. The molecule has 0 radical (unpaired) electrons. The third kappa shape index (κ3) is 4.46. The number of carbonyl (C=O) groups excluding carboxylic acids is 2. The smallest absolute Gasteiger partial charge is 0.257 e. The van der Waals surface area contributed by atoms with Gasteiger partial charge in [-0.15, -0.1) is 0 Å². The molecular weight excluding hydrogens is 406 g/mol. The molecule has 1 unspecified atom stereocenters. The molecule has 1 N–H and O–H groups in total. The Balaban J connectivity index is 1.46. The number of hydrogen-bond acceptors (Lipinski definition) is 5. The number of carbonyl (C=O) groups is 2. The van der Waals surface area contributed by atoms with E-state index in [1.165, 1.54) is 10.6 Å². The molecule has 0 spiro atoms. The molecule has 0 aliphatic carbocycles. The van der Waals surface area contributed by atoms with E-state index in [1.54, 1.807) is 18.2 Å². The van der Waals surface area contributed by atoms with Crippen molar-refractivity contribution < 1.29 is 22.7 Å². The Morgan fingerprint density at radius 1 is 1.10 bits per heavy atom. The summed E-state index contributed by atoms with van der Waals surface area (Å²) in [6.07, 6.45) is 6.17. The molecule has 1 aromatic rings. The van der Waals surface area contributed by atoms with Crippen LogP contribution in [0, 0.1) is 5.92 Å². The third-order valence-corrected chi connectivity index (χ3v) is 7.67. The predicted molar refractivity (Wildman–Crippen MR) is 113 cm³/mol. The summed E-state index contributed by atoms with van der Waals surface area (Å²) < 4.78 is 30.6. The van der Waals surface area contributed by atoms with Crippen LogP contribution in [-0.2, 0) is 14.8 Å². The van der Waals surface area contributed by atoms with Crippen LogP contribution in [0.2, 0.25) is 0 Å².